The number of carboxylic acid groups (broad SMARTS) is 1. The van der Waals surface area contributed by atoms with Crippen LogP contribution < -0.4 is 5.32 Å². The second-order valence-electron chi connectivity index (χ2n) is 3.27. The highest BCUT2D eigenvalue weighted by atomic mass is 32.1. The van der Waals surface area contributed by atoms with Gasteiger partial charge in [0.05, 0.1) is 18.7 Å². The van der Waals surface area contributed by atoms with E-state index < -0.39 is 5.97 Å². The van der Waals surface area contributed by atoms with Crippen LogP contribution >= 0.6 is 11.3 Å². The number of ether oxygens (including phenoxy) is 1. The number of aromatic carboxylic acids is 1. The van der Waals surface area contributed by atoms with Crippen molar-refractivity contribution in [1.29, 1.82) is 0 Å². The van der Waals surface area contributed by atoms with Gasteiger partial charge >= 0.3 is 5.97 Å². The van der Waals surface area contributed by atoms with E-state index in [0.717, 1.165) is 5.57 Å². The fourth-order valence-electron chi connectivity index (χ4n) is 1.01. The normalized spacial score (nSPS) is 10.1. The number of thiazole rings is 1. The van der Waals surface area contributed by atoms with Crippen LogP contribution in [-0.2, 0) is 4.74 Å². The van der Waals surface area contributed by atoms with Crippen LogP contribution in [-0.4, -0.2) is 35.8 Å². The van der Waals surface area contributed by atoms with Crippen molar-refractivity contribution < 1.29 is 14.6 Å². The minimum absolute atomic E-state index is 0.0601. The minimum Gasteiger partial charge on any atom is -0.476 e. The van der Waals surface area contributed by atoms with Gasteiger partial charge < -0.3 is 15.2 Å². The maximum Gasteiger partial charge on any atom is 0.357 e. The van der Waals surface area contributed by atoms with Crippen LogP contribution in [0.1, 0.15) is 17.4 Å². The molecule has 1 aromatic rings. The van der Waals surface area contributed by atoms with Crippen molar-refractivity contribution >= 4 is 22.3 Å². The zero-order valence-corrected chi connectivity index (χ0v) is 9.84. The molecule has 0 aromatic carbocycles. The van der Waals surface area contributed by atoms with E-state index in [2.05, 4.69) is 16.9 Å². The fraction of sp³-hybridized carbons (Fsp3) is 0.400. The SMILES string of the molecule is C=C(C)COCCNc1scnc1C(=O)O. The molecule has 0 spiro atoms. The first kappa shape index (κ1) is 12.7. The Hall–Kier alpha value is -1.40. The van der Waals surface area contributed by atoms with Gasteiger partial charge in [0.2, 0.25) is 0 Å². The topological polar surface area (TPSA) is 71.5 Å². The summed E-state index contributed by atoms with van der Waals surface area (Å²) >= 11 is 1.27. The van der Waals surface area contributed by atoms with Gasteiger partial charge in [0.25, 0.3) is 0 Å². The molecule has 1 rings (SSSR count). The number of carboxylic acids is 1. The molecule has 0 aliphatic carbocycles. The maximum absolute atomic E-state index is 10.7. The predicted molar refractivity (Wildman–Crippen MR) is 63.2 cm³/mol. The van der Waals surface area contributed by atoms with Gasteiger partial charge in [-0.05, 0) is 6.92 Å². The number of carbonyl (C=O) groups is 1. The van der Waals surface area contributed by atoms with Gasteiger partial charge in [0.1, 0.15) is 5.00 Å². The first-order valence-electron chi connectivity index (χ1n) is 4.74. The summed E-state index contributed by atoms with van der Waals surface area (Å²) in [6, 6.07) is 0. The number of aromatic nitrogens is 1. The average Bonchev–Trinajstić information content (AvgIpc) is 2.65. The molecule has 0 amide bonds. The lowest BCUT2D eigenvalue weighted by Gasteiger charge is -2.05. The molecule has 0 bridgehead atoms. The number of hydrogen-bond donors (Lipinski definition) is 2. The van der Waals surface area contributed by atoms with Crippen molar-refractivity contribution in [2.75, 3.05) is 25.1 Å². The summed E-state index contributed by atoms with van der Waals surface area (Å²) in [4.78, 5) is 14.5. The Bertz CT molecular complexity index is 376. The molecule has 1 aromatic heterocycles. The third kappa shape index (κ3) is 4.00. The molecule has 0 saturated carbocycles. The molecule has 0 aliphatic heterocycles. The first-order chi connectivity index (χ1) is 7.61. The largest absolute Gasteiger partial charge is 0.476 e. The van der Waals surface area contributed by atoms with Crippen LogP contribution in [0.2, 0.25) is 0 Å². The molecule has 0 aliphatic rings. The van der Waals surface area contributed by atoms with E-state index in [-0.39, 0.29) is 5.69 Å². The summed E-state index contributed by atoms with van der Waals surface area (Å²) in [6.07, 6.45) is 0. The van der Waals surface area contributed by atoms with Crippen molar-refractivity contribution in [2.45, 2.75) is 6.92 Å². The monoisotopic (exact) mass is 242 g/mol. The lowest BCUT2D eigenvalue weighted by molar-refractivity contribution is 0.0692. The Morgan fingerprint density at radius 1 is 1.75 bits per heavy atom. The van der Waals surface area contributed by atoms with E-state index in [4.69, 9.17) is 9.84 Å². The van der Waals surface area contributed by atoms with Crippen LogP contribution in [0.4, 0.5) is 5.00 Å². The molecular weight excluding hydrogens is 228 g/mol. The summed E-state index contributed by atoms with van der Waals surface area (Å²) in [5.41, 5.74) is 2.52. The van der Waals surface area contributed by atoms with Gasteiger partial charge in [-0.1, -0.05) is 12.2 Å². The smallest absolute Gasteiger partial charge is 0.357 e. The molecule has 5 nitrogen and oxygen atoms in total. The number of nitrogens with zero attached hydrogens (tertiary/aromatic N) is 1. The van der Waals surface area contributed by atoms with Gasteiger partial charge in [-0.3, -0.25) is 0 Å². The molecule has 0 fully saturated rings. The Balaban J connectivity index is 2.29. The van der Waals surface area contributed by atoms with E-state index >= 15 is 0 Å². The molecular formula is C10H14N2O3S. The van der Waals surface area contributed by atoms with Gasteiger partial charge in [-0.25, -0.2) is 9.78 Å². The van der Waals surface area contributed by atoms with E-state index in [0.29, 0.717) is 24.8 Å². The number of rotatable bonds is 7. The zero-order chi connectivity index (χ0) is 12.0. The highest BCUT2D eigenvalue weighted by Gasteiger charge is 2.12. The van der Waals surface area contributed by atoms with Crippen molar-refractivity contribution in [3.8, 4) is 0 Å². The molecule has 0 saturated heterocycles. The van der Waals surface area contributed by atoms with Crippen molar-refractivity contribution in [3.05, 3.63) is 23.4 Å². The minimum atomic E-state index is -1.02. The summed E-state index contributed by atoms with van der Waals surface area (Å²) in [5, 5.41) is 12.3. The van der Waals surface area contributed by atoms with Crippen molar-refractivity contribution in [3.63, 3.8) is 0 Å². The van der Waals surface area contributed by atoms with Crippen molar-refractivity contribution in [2.24, 2.45) is 0 Å². The standard InChI is InChI=1S/C10H14N2O3S/c1-7(2)5-15-4-3-11-9-8(10(13)14)12-6-16-9/h6,11H,1,3-5H2,2H3,(H,13,14). The summed E-state index contributed by atoms with van der Waals surface area (Å²) < 4.78 is 5.27. The van der Waals surface area contributed by atoms with Crippen LogP contribution in [0.25, 0.3) is 0 Å². The summed E-state index contributed by atoms with van der Waals surface area (Å²) in [6.45, 7) is 7.18. The molecule has 88 valence electrons. The Morgan fingerprint density at radius 3 is 3.12 bits per heavy atom. The van der Waals surface area contributed by atoms with Crippen molar-refractivity contribution in [1.82, 2.24) is 4.98 Å². The third-order valence-electron chi connectivity index (χ3n) is 1.65. The van der Waals surface area contributed by atoms with Crippen LogP contribution in [0.5, 0.6) is 0 Å². The molecule has 2 N–H and O–H groups in total. The van der Waals surface area contributed by atoms with E-state index in [1.54, 1.807) is 0 Å². The van der Waals surface area contributed by atoms with Crippen LogP contribution in [0.15, 0.2) is 17.7 Å². The van der Waals surface area contributed by atoms with E-state index in [1.807, 2.05) is 6.92 Å². The van der Waals surface area contributed by atoms with Gasteiger partial charge in [0, 0.05) is 6.54 Å². The quantitative estimate of drug-likeness (QED) is 0.564. The zero-order valence-electron chi connectivity index (χ0n) is 9.02. The van der Waals surface area contributed by atoms with Crippen LogP contribution in [0, 0.1) is 0 Å². The third-order valence-corrected chi connectivity index (χ3v) is 2.43. The molecule has 0 unspecified atom stereocenters. The first-order valence-corrected chi connectivity index (χ1v) is 5.62. The Morgan fingerprint density at radius 2 is 2.50 bits per heavy atom. The van der Waals surface area contributed by atoms with Crippen LogP contribution in [0.3, 0.4) is 0 Å². The van der Waals surface area contributed by atoms with Gasteiger partial charge in [0.15, 0.2) is 5.69 Å². The second kappa shape index (κ2) is 6.24. The van der Waals surface area contributed by atoms with Gasteiger partial charge in [-0.2, -0.15) is 0 Å². The molecule has 1 heterocycles. The molecule has 16 heavy (non-hydrogen) atoms. The average molecular weight is 242 g/mol. The highest BCUT2D eigenvalue weighted by Crippen LogP contribution is 2.19. The number of anilines is 1. The lowest BCUT2D eigenvalue weighted by Crippen LogP contribution is -2.11. The molecule has 0 atom stereocenters. The summed E-state index contributed by atoms with van der Waals surface area (Å²) in [5.74, 6) is -1.02. The number of hydrogen-bond acceptors (Lipinski definition) is 5. The predicted octanol–water partition coefficient (Wildman–Crippen LogP) is 1.85. The maximum atomic E-state index is 10.7. The molecule has 0 radical (unpaired) electrons. The van der Waals surface area contributed by atoms with Gasteiger partial charge in [-0.15, -0.1) is 11.3 Å². The number of nitrogens with one attached hydrogen (secondary N) is 1. The Kier molecular flexibility index (Phi) is 4.94. The van der Waals surface area contributed by atoms with E-state index in [1.165, 1.54) is 16.8 Å². The Labute approximate surface area is 97.8 Å². The fourth-order valence-corrected chi connectivity index (χ4v) is 1.71. The molecule has 6 heteroatoms. The highest BCUT2D eigenvalue weighted by molar-refractivity contribution is 7.14. The van der Waals surface area contributed by atoms with E-state index in [9.17, 15) is 4.79 Å². The second-order valence-corrected chi connectivity index (χ2v) is 4.13. The lowest BCUT2D eigenvalue weighted by atomic mass is 10.4. The summed E-state index contributed by atoms with van der Waals surface area (Å²) in [7, 11) is 0.